The Morgan fingerprint density at radius 2 is 2.15 bits per heavy atom. The summed E-state index contributed by atoms with van der Waals surface area (Å²) in [7, 11) is 0. The average molecular weight is 300 g/mol. The van der Waals surface area contributed by atoms with Crippen LogP contribution in [0.4, 0.5) is 5.00 Å². The van der Waals surface area contributed by atoms with Gasteiger partial charge in [-0.2, -0.15) is 0 Å². The Morgan fingerprint density at radius 1 is 1.45 bits per heavy atom. The lowest BCUT2D eigenvalue weighted by Crippen LogP contribution is -2.36. The second-order valence-electron chi connectivity index (χ2n) is 3.96. The molecule has 0 aliphatic rings. The van der Waals surface area contributed by atoms with E-state index in [2.05, 4.69) is 0 Å². The Bertz CT molecular complexity index is 500. The third-order valence-electron chi connectivity index (χ3n) is 2.42. The molecule has 0 atom stereocenters. The number of thiophene rings is 1. The van der Waals surface area contributed by atoms with Crippen LogP contribution < -0.4 is 0 Å². The van der Waals surface area contributed by atoms with Gasteiger partial charge in [0.15, 0.2) is 0 Å². The number of carbonyl (C=O) groups is 2. The summed E-state index contributed by atoms with van der Waals surface area (Å²) in [5, 5.41) is 11.9. The summed E-state index contributed by atoms with van der Waals surface area (Å²) in [5.74, 6) is -0.886. The molecule has 0 radical (unpaired) electrons. The SMILES string of the molecule is CCCN(CC(=O)OCC)C(=O)c1csc([N+](=O)[O-])c1. The highest BCUT2D eigenvalue weighted by molar-refractivity contribution is 7.13. The largest absolute Gasteiger partial charge is 0.465 e. The van der Waals surface area contributed by atoms with Gasteiger partial charge < -0.3 is 9.64 Å². The molecule has 1 heterocycles. The van der Waals surface area contributed by atoms with Crippen molar-refractivity contribution >= 4 is 28.2 Å². The third-order valence-corrected chi connectivity index (χ3v) is 3.30. The standard InChI is InChI=1S/C12H16N2O5S/c1-3-5-13(7-11(15)19-4-2)12(16)9-6-10(14(17)18)20-8-9/h6,8H,3-5,7H2,1-2H3. The van der Waals surface area contributed by atoms with Gasteiger partial charge in [0.25, 0.3) is 5.91 Å². The first kappa shape index (κ1) is 16.1. The van der Waals surface area contributed by atoms with Crippen LogP contribution in [-0.2, 0) is 9.53 Å². The van der Waals surface area contributed by atoms with Gasteiger partial charge >= 0.3 is 11.0 Å². The van der Waals surface area contributed by atoms with Gasteiger partial charge in [0.1, 0.15) is 6.54 Å². The fraction of sp³-hybridized carbons (Fsp3) is 0.500. The first-order chi connectivity index (χ1) is 9.49. The lowest BCUT2D eigenvalue weighted by atomic mass is 10.2. The molecular formula is C12H16N2O5S. The second-order valence-corrected chi connectivity index (χ2v) is 4.85. The monoisotopic (exact) mass is 300 g/mol. The van der Waals surface area contributed by atoms with Crippen LogP contribution in [0.2, 0.25) is 0 Å². The molecule has 8 heteroatoms. The Hall–Kier alpha value is -1.96. The zero-order valence-corrected chi connectivity index (χ0v) is 12.1. The Balaban J connectivity index is 2.81. The van der Waals surface area contributed by atoms with E-state index in [1.807, 2.05) is 6.92 Å². The Kier molecular flexibility index (Phi) is 6.10. The first-order valence-corrected chi connectivity index (χ1v) is 7.05. The summed E-state index contributed by atoms with van der Waals surface area (Å²) >= 11 is 0.888. The quantitative estimate of drug-likeness (QED) is 0.437. The van der Waals surface area contributed by atoms with Gasteiger partial charge in [0, 0.05) is 18.0 Å². The van der Waals surface area contributed by atoms with Crippen LogP contribution in [0.1, 0.15) is 30.6 Å². The normalized spacial score (nSPS) is 10.1. The van der Waals surface area contributed by atoms with E-state index in [4.69, 9.17) is 4.74 Å². The molecule has 0 spiro atoms. The third kappa shape index (κ3) is 4.30. The molecule has 20 heavy (non-hydrogen) atoms. The fourth-order valence-electron chi connectivity index (χ4n) is 1.60. The van der Waals surface area contributed by atoms with Crippen LogP contribution >= 0.6 is 11.3 Å². The maximum absolute atomic E-state index is 12.2. The summed E-state index contributed by atoms with van der Waals surface area (Å²) in [4.78, 5) is 35.1. The van der Waals surface area contributed by atoms with Gasteiger partial charge in [-0.3, -0.25) is 19.7 Å². The molecule has 0 aromatic carbocycles. The number of carbonyl (C=O) groups excluding carboxylic acids is 2. The smallest absolute Gasteiger partial charge is 0.325 e. The van der Waals surface area contributed by atoms with Crippen molar-refractivity contribution in [2.24, 2.45) is 0 Å². The van der Waals surface area contributed by atoms with Gasteiger partial charge in [-0.05, 0) is 13.3 Å². The van der Waals surface area contributed by atoms with Gasteiger partial charge in [0.2, 0.25) is 0 Å². The fourth-order valence-corrected chi connectivity index (χ4v) is 2.30. The van der Waals surface area contributed by atoms with Crippen molar-refractivity contribution in [2.45, 2.75) is 20.3 Å². The zero-order chi connectivity index (χ0) is 15.1. The van der Waals surface area contributed by atoms with E-state index >= 15 is 0 Å². The van der Waals surface area contributed by atoms with Crippen molar-refractivity contribution in [3.8, 4) is 0 Å². The minimum absolute atomic E-state index is 0.0964. The van der Waals surface area contributed by atoms with Crippen molar-refractivity contribution in [1.29, 1.82) is 0 Å². The molecule has 7 nitrogen and oxygen atoms in total. The van der Waals surface area contributed by atoms with Crippen LogP contribution in [0.5, 0.6) is 0 Å². The van der Waals surface area contributed by atoms with Crippen molar-refractivity contribution in [1.82, 2.24) is 4.90 Å². The van der Waals surface area contributed by atoms with Crippen molar-refractivity contribution in [2.75, 3.05) is 19.7 Å². The average Bonchev–Trinajstić information content (AvgIpc) is 2.87. The van der Waals surface area contributed by atoms with E-state index in [0.717, 1.165) is 11.3 Å². The lowest BCUT2D eigenvalue weighted by Gasteiger charge is -2.20. The molecule has 0 aliphatic carbocycles. The molecule has 0 fully saturated rings. The Morgan fingerprint density at radius 3 is 2.65 bits per heavy atom. The predicted molar refractivity (Wildman–Crippen MR) is 73.8 cm³/mol. The molecule has 0 unspecified atom stereocenters. The van der Waals surface area contributed by atoms with Crippen LogP contribution in [0.15, 0.2) is 11.4 Å². The Labute approximate surface area is 120 Å². The van der Waals surface area contributed by atoms with E-state index < -0.39 is 16.8 Å². The van der Waals surface area contributed by atoms with Crippen LogP contribution in [-0.4, -0.2) is 41.4 Å². The highest BCUT2D eigenvalue weighted by Gasteiger charge is 2.22. The van der Waals surface area contributed by atoms with E-state index in [1.54, 1.807) is 6.92 Å². The summed E-state index contributed by atoms with van der Waals surface area (Å²) < 4.78 is 4.81. The number of amides is 1. The number of hydrogen-bond acceptors (Lipinski definition) is 6. The summed E-state index contributed by atoms with van der Waals surface area (Å²) in [6.07, 6.45) is 0.678. The molecule has 0 aliphatic heterocycles. The molecule has 1 aromatic heterocycles. The molecule has 1 amide bonds. The van der Waals surface area contributed by atoms with E-state index in [9.17, 15) is 19.7 Å². The number of nitro groups is 1. The molecule has 0 saturated heterocycles. The number of hydrogen-bond donors (Lipinski definition) is 0. The van der Waals surface area contributed by atoms with Gasteiger partial charge in [-0.1, -0.05) is 18.3 Å². The minimum atomic E-state index is -0.545. The summed E-state index contributed by atoms with van der Waals surface area (Å²) in [5.41, 5.74) is 0.222. The number of esters is 1. The predicted octanol–water partition coefficient (Wildman–Crippen LogP) is 2.07. The van der Waals surface area contributed by atoms with Gasteiger partial charge in [-0.15, -0.1) is 0 Å². The first-order valence-electron chi connectivity index (χ1n) is 6.17. The van der Waals surface area contributed by atoms with Gasteiger partial charge in [0.05, 0.1) is 17.1 Å². The molecule has 110 valence electrons. The topological polar surface area (TPSA) is 89.8 Å². The van der Waals surface area contributed by atoms with E-state index in [0.29, 0.717) is 13.0 Å². The molecule has 0 N–H and O–H groups in total. The maximum Gasteiger partial charge on any atom is 0.325 e. The van der Waals surface area contributed by atoms with E-state index in [-0.39, 0.29) is 23.7 Å². The van der Waals surface area contributed by atoms with Crippen molar-refractivity contribution in [3.05, 3.63) is 27.1 Å². The highest BCUT2D eigenvalue weighted by atomic mass is 32.1. The van der Waals surface area contributed by atoms with Crippen molar-refractivity contribution in [3.63, 3.8) is 0 Å². The van der Waals surface area contributed by atoms with E-state index in [1.165, 1.54) is 16.3 Å². The molecule has 0 bridgehead atoms. The molecule has 0 saturated carbocycles. The molecule has 1 rings (SSSR count). The van der Waals surface area contributed by atoms with Crippen LogP contribution in [0.25, 0.3) is 0 Å². The second kappa shape index (κ2) is 7.59. The number of ether oxygens (including phenoxy) is 1. The summed E-state index contributed by atoms with van der Waals surface area (Å²) in [6.45, 7) is 4.05. The number of nitrogens with zero attached hydrogens (tertiary/aromatic N) is 2. The molecule has 1 aromatic rings. The maximum atomic E-state index is 12.2. The lowest BCUT2D eigenvalue weighted by molar-refractivity contribution is -0.380. The zero-order valence-electron chi connectivity index (χ0n) is 11.3. The summed E-state index contributed by atoms with van der Waals surface area (Å²) in [6, 6.07) is 1.22. The van der Waals surface area contributed by atoms with Crippen LogP contribution in [0.3, 0.4) is 0 Å². The highest BCUT2D eigenvalue weighted by Crippen LogP contribution is 2.23. The van der Waals surface area contributed by atoms with Crippen LogP contribution in [0, 0.1) is 10.1 Å². The van der Waals surface area contributed by atoms with Crippen molar-refractivity contribution < 1.29 is 19.2 Å². The van der Waals surface area contributed by atoms with Gasteiger partial charge in [-0.25, -0.2) is 0 Å². The molecular weight excluding hydrogens is 284 g/mol. The number of rotatable bonds is 7. The minimum Gasteiger partial charge on any atom is -0.465 e.